The summed E-state index contributed by atoms with van der Waals surface area (Å²) >= 11 is 0. The summed E-state index contributed by atoms with van der Waals surface area (Å²) in [4.78, 5) is 2.28. The van der Waals surface area contributed by atoms with Gasteiger partial charge in [-0.3, -0.25) is 0 Å². The fraction of sp³-hybridized carbons (Fsp3) is 0.294. The number of nitrogens with one attached hydrogen (secondary N) is 1. The zero-order valence-electron chi connectivity index (χ0n) is 12.1. The molecule has 0 atom stereocenters. The first-order valence-corrected chi connectivity index (χ1v) is 7.19. The second-order valence-electron chi connectivity index (χ2n) is 5.51. The van der Waals surface area contributed by atoms with E-state index >= 15 is 0 Å². The number of phenolic OH excluding ortho intramolecular Hbond substituents is 1. The molecule has 0 radical (unpaired) electrons. The topological polar surface area (TPSA) is 35.5 Å². The Morgan fingerprint density at radius 1 is 1.24 bits per heavy atom. The van der Waals surface area contributed by atoms with Crippen molar-refractivity contribution in [1.82, 2.24) is 0 Å². The summed E-state index contributed by atoms with van der Waals surface area (Å²) in [5.74, 6) is -0.926. The summed E-state index contributed by atoms with van der Waals surface area (Å²) in [5, 5.41) is 12.4. The zero-order chi connectivity index (χ0) is 14.8. The molecule has 0 fully saturated rings. The van der Waals surface area contributed by atoms with Crippen molar-refractivity contribution in [3.63, 3.8) is 0 Å². The Bertz CT molecular complexity index is 657. The molecule has 3 rings (SSSR count). The minimum atomic E-state index is -0.605. The second kappa shape index (κ2) is 5.64. The van der Waals surface area contributed by atoms with E-state index in [4.69, 9.17) is 0 Å². The SMILES string of the molecule is CN1CCCc2cc(CNc3ccc(O)c(F)c3)ccc21. The zero-order valence-corrected chi connectivity index (χ0v) is 12.1. The number of aromatic hydroxyl groups is 1. The number of phenols is 1. The Labute approximate surface area is 124 Å². The minimum absolute atomic E-state index is 0.322. The summed E-state index contributed by atoms with van der Waals surface area (Å²) in [6.45, 7) is 1.75. The fourth-order valence-electron chi connectivity index (χ4n) is 2.77. The number of fused-ring (bicyclic) bond motifs is 1. The molecule has 110 valence electrons. The van der Waals surface area contributed by atoms with Gasteiger partial charge < -0.3 is 15.3 Å². The minimum Gasteiger partial charge on any atom is -0.505 e. The van der Waals surface area contributed by atoms with Gasteiger partial charge in [-0.05, 0) is 42.2 Å². The first-order chi connectivity index (χ1) is 10.1. The number of hydrogen-bond donors (Lipinski definition) is 2. The molecule has 0 saturated heterocycles. The van der Waals surface area contributed by atoms with Gasteiger partial charge in [0.2, 0.25) is 0 Å². The Kier molecular flexibility index (Phi) is 3.69. The predicted octanol–water partition coefficient (Wildman–Crippen LogP) is 3.53. The van der Waals surface area contributed by atoms with Crippen LogP contribution in [0.25, 0.3) is 0 Å². The maximum atomic E-state index is 13.3. The van der Waals surface area contributed by atoms with E-state index in [1.807, 2.05) is 0 Å². The molecule has 0 bridgehead atoms. The van der Waals surface area contributed by atoms with Gasteiger partial charge >= 0.3 is 0 Å². The highest BCUT2D eigenvalue weighted by atomic mass is 19.1. The summed E-state index contributed by atoms with van der Waals surface area (Å²) in [5.41, 5.74) is 4.53. The Hall–Kier alpha value is -2.23. The Morgan fingerprint density at radius 2 is 2.10 bits per heavy atom. The molecule has 1 heterocycles. The summed E-state index contributed by atoms with van der Waals surface area (Å²) in [6.07, 6.45) is 2.30. The number of benzene rings is 2. The Balaban J connectivity index is 1.72. The van der Waals surface area contributed by atoms with Crippen LogP contribution in [0.2, 0.25) is 0 Å². The van der Waals surface area contributed by atoms with Gasteiger partial charge in [0.1, 0.15) is 0 Å². The van der Waals surface area contributed by atoms with Crippen molar-refractivity contribution in [2.24, 2.45) is 0 Å². The lowest BCUT2D eigenvalue weighted by Crippen LogP contribution is -2.24. The number of hydrogen-bond acceptors (Lipinski definition) is 3. The fourth-order valence-corrected chi connectivity index (χ4v) is 2.77. The molecule has 1 aliphatic rings. The van der Waals surface area contributed by atoms with Gasteiger partial charge in [-0.1, -0.05) is 12.1 Å². The monoisotopic (exact) mass is 286 g/mol. The summed E-state index contributed by atoms with van der Waals surface area (Å²) < 4.78 is 13.3. The van der Waals surface area contributed by atoms with E-state index in [2.05, 4.69) is 35.5 Å². The molecule has 1 aliphatic heterocycles. The van der Waals surface area contributed by atoms with Crippen molar-refractivity contribution in [2.75, 3.05) is 23.8 Å². The van der Waals surface area contributed by atoms with Crippen molar-refractivity contribution in [3.8, 4) is 5.75 Å². The van der Waals surface area contributed by atoms with Crippen molar-refractivity contribution < 1.29 is 9.50 Å². The first kappa shape index (κ1) is 13.7. The number of halogens is 1. The average molecular weight is 286 g/mol. The lowest BCUT2D eigenvalue weighted by Gasteiger charge is -2.27. The van der Waals surface area contributed by atoms with Crippen LogP contribution in [0.1, 0.15) is 17.5 Å². The van der Waals surface area contributed by atoms with Crippen molar-refractivity contribution in [1.29, 1.82) is 0 Å². The van der Waals surface area contributed by atoms with E-state index < -0.39 is 5.82 Å². The van der Waals surface area contributed by atoms with Crippen LogP contribution in [0.3, 0.4) is 0 Å². The van der Waals surface area contributed by atoms with Crippen LogP contribution in [0.4, 0.5) is 15.8 Å². The van der Waals surface area contributed by atoms with E-state index in [1.54, 1.807) is 6.07 Å². The maximum Gasteiger partial charge on any atom is 0.166 e. The van der Waals surface area contributed by atoms with Gasteiger partial charge in [-0.2, -0.15) is 0 Å². The molecule has 3 nitrogen and oxygen atoms in total. The third kappa shape index (κ3) is 2.94. The number of nitrogens with zero attached hydrogens (tertiary/aromatic N) is 1. The molecule has 0 spiro atoms. The number of aryl methyl sites for hydroxylation is 1. The number of anilines is 2. The van der Waals surface area contributed by atoms with E-state index in [1.165, 1.54) is 35.4 Å². The van der Waals surface area contributed by atoms with Gasteiger partial charge in [-0.15, -0.1) is 0 Å². The van der Waals surface area contributed by atoms with Crippen LogP contribution in [0, 0.1) is 5.82 Å². The van der Waals surface area contributed by atoms with Crippen molar-refractivity contribution in [2.45, 2.75) is 19.4 Å². The third-order valence-corrected chi connectivity index (χ3v) is 3.94. The van der Waals surface area contributed by atoms with Crippen LogP contribution < -0.4 is 10.2 Å². The van der Waals surface area contributed by atoms with E-state index in [0.717, 1.165) is 13.0 Å². The van der Waals surface area contributed by atoms with Crippen molar-refractivity contribution >= 4 is 11.4 Å². The van der Waals surface area contributed by atoms with E-state index in [-0.39, 0.29) is 5.75 Å². The lowest BCUT2D eigenvalue weighted by atomic mass is 9.99. The molecule has 2 aromatic rings. The molecule has 0 aliphatic carbocycles. The van der Waals surface area contributed by atoms with Crippen LogP contribution in [0.15, 0.2) is 36.4 Å². The normalized spacial score (nSPS) is 13.9. The molecular formula is C17H19FN2O. The van der Waals surface area contributed by atoms with Crippen LogP contribution in [0.5, 0.6) is 5.75 Å². The van der Waals surface area contributed by atoms with Gasteiger partial charge in [0.05, 0.1) is 0 Å². The highest BCUT2D eigenvalue weighted by Crippen LogP contribution is 2.27. The molecule has 0 saturated carbocycles. The molecule has 2 aromatic carbocycles. The smallest absolute Gasteiger partial charge is 0.166 e. The van der Waals surface area contributed by atoms with E-state index in [9.17, 15) is 9.50 Å². The largest absolute Gasteiger partial charge is 0.505 e. The average Bonchev–Trinajstić information content (AvgIpc) is 2.49. The molecular weight excluding hydrogens is 267 g/mol. The predicted molar refractivity (Wildman–Crippen MR) is 83.4 cm³/mol. The van der Waals surface area contributed by atoms with Crippen LogP contribution in [-0.4, -0.2) is 18.7 Å². The molecule has 21 heavy (non-hydrogen) atoms. The van der Waals surface area contributed by atoms with Gasteiger partial charge in [-0.25, -0.2) is 4.39 Å². The third-order valence-electron chi connectivity index (χ3n) is 3.94. The highest BCUT2D eigenvalue weighted by molar-refractivity contribution is 5.56. The van der Waals surface area contributed by atoms with Gasteiger partial charge in [0, 0.05) is 37.6 Å². The van der Waals surface area contributed by atoms with Crippen molar-refractivity contribution in [3.05, 3.63) is 53.3 Å². The standard InChI is InChI=1S/C17H19FN2O/c1-20-8-2-3-13-9-12(4-6-16(13)20)11-19-14-5-7-17(21)15(18)10-14/h4-7,9-10,19,21H,2-3,8,11H2,1H3. The maximum absolute atomic E-state index is 13.3. The quantitative estimate of drug-likeness (QED) is 0.847. The van der Waals surface area contributed by atoms with E-state index in [0.29, 0.717) is 12.2 Å². The molecule has 0 aromatic heterocycles. The van der Waals surface area contributed by atoms with Gasteiger partial charge in [0.25, 0.3) is 0 Å². The van der Waals surface area contributed by atoms with Gasteiger partial charge in [0.15, 0.2) is 11.6 Å². The molecule has 0 amide bonds. The van der Waals surface area contributed by atoms with Crippen LogP contribution >= 0.6 is 0 Å². The molecule has 4 heteroatoms. The molecule has 2 N–H and O–H groups in total. The first-order valence-electron chi connectivity index (χ1n) is 7.19. The van der Waals surface area contributed by atoms with Crippen LogP contribution in [-0.2, 0) is 13.0 Å². The second-order valence-corrected chi connectivity index (χ2v) is 5.51. The lowest BCUT2D eigenvalue weighted by molar-refractivity contribution is 0.432. The highest BCUT2D eigenvalue weighted by Gasteiger charge is 2.13. The molecule has 0 unspecified atom stereocenters. The summed E-state index contributed by atoms with van der Waals surface area (Å²) in [6, 6.07) is 10.8. The number of rotatable bonds is 3. The summed E-state index contributed by atoms with van der Waals surface area (Å²) in [7, 11) is 2.12. The Morgan fingerprint density at radius 3 is 2.90 bits per heavy atom.